The van der Waals surface area contributed by atoms with E-state index in [9.17, 15) is 0 Å². The summed E-state index contributed by atoms with van der Waals surface area (Å²) in [7, 11) is 0. The van der Waals surface area contributed by atoms with Gasteiger partial charge in [-0.2, -0.15) is 0 Å². The fourth-order valence-corrected chi connectivity index (χ4v) is 1.72. The standard InChI is InChI=1S/C12H15ClO/c1-9-6-11(4-3-5-13)7-10(2)12(9)8-14/h3,5-7,14H,4,8H2,1-2H3. The van der Waals surface area contributed by atoms with E-state index < -0.39 is 0 Å². The van der Waals surface area contributed by atoms with Crippen molar-refractivity contribution in [2.75, 3.05) is 0 Å². The van der Waals surface area contributed by atoms with Gasteiger partial charge in [0.15, 0.2) is 0 Å². The fraction of sp³-hybridized carbons (Fsp3) is 0.333. The van der Waals surface area contributed by atoms with Crippen molar-refractivity contribution in [3.05, 3.63) is 46.0 Å². The summed E-state index contributed by atoms with van der Waals surface area (Å²) in [5, 5.41) is 9.13. The van der Waals surface area contributed by atoms with Gasteiger partial charge >= 0.3 is 0 Å². The van der Waals surface area contributed by atoms with Crippen LogP contribution in [0.4, 0.5) is 0 Å². The van der Waals surface area contributed by atoms with Crippen molar-refractivity contribution in [2.45, 2.75) is 26.9 Å². The molecule has 1 rings (SSSR count). The molecule has 2 heteroatoms. The predicted molar refractivity (Wildman–Crippen MR) is 60.5 cm³/mol. The van der Waals surface area contributed by atoms with Crippen molar-refractivity contribution in [3.63, 3.8) is 0 Å². The predicted octanol–water partition coefficient (Wildman–Crippen LogP) is 3.09. The third-order valence-corrected chi connectivity index (χ3v) is 2.53. The van der Waals surface area contributed by atoms with Crippen LogP contribution in [0.1, 0.15) is 22.3 Å². The summed E-state index contributed by atoms with van der Waals surface area (Å²) in [4.78, 5) is 0. The van der Waals surface area contributed by atoms with Crippen molar-refractivity contribution >= 4 is 11.6 Å². The lowest BCUT2D eigenvalue weighted by atomic mass is 9.98. The molecule has 1 aromatic carbocycles. The number of aliphatic hydroxyl groups is 1. The smallest absolute Gasteiger partial charge is 0.0686 e. The topological polar surface area (TPSA) is 20.2 Å². The maximum Gasteiger partial charge on any atom is 0.0686 e. The molecule has 0 amide bonds. The molecule has 0 aliphatic rings. The average Bonchev–Trinajstić information content (AvgIpc) is 2.14. The number of hydrogen-bond acceptors (Lipinski definition) is 1. The Labute approximate surface area is 90.0 Å². The molecule has 0 unspecified atom stereocenters. The lowest BCUT2D eigenvalue weighted by molar-refractivity contribution is 0.280. The molecule has 76 valence electrons. The number of rotatable bonds is 3. The summed E-state index contributed by atoms with van der Waals surface area (Å²) >= 11 is 5.47. The van der Waals surface area contributed by atoms with Crippen molar-refractivity contribution < 1.29 is 5.11 Å². The van der Waals surface area contributed by atoms with Gasteiger partial charge in [0.2, 0.25) is 0 Å². The Hall–Kier alpha value is -0.790. The van der Waals surface area contributed by atoms with E-state index in [2.05, 4.69) is 12.1 Å². The van der Waals surface area contributed by atoms with Gasteiger partial charge in [-0.1, -0.05) is 29.8 Å². The number of benzene rings is 1. The van der Waals surface area contributed by atoms with Gasteiger partial charge in [0, 0.05) is 5.54 Å². The third-order valence-electron chi connectivity index (χ3n) is 2.36. The molecule has 0 heterocycles. The second-order valence-corrected chi connectivity index (χ2v) is 3.68. The quantitative estimate of drug-likeness (QED) is 0.813. The second-order valence-electron chi connectivity index (χ2n) is 3.43. The molecular weight excluding hydrogens is 196 g/mol. The molecule has 0 radical (unpaired) electrons. The van der Waals surface area contributed by atoms with Gasteiger partial charge in [-0.15, -0.1) is 0 Å². The zero-order chi connectivity index (χ0) is 10.6. The van der Waals surface area contributed by atoms with Gasteiger partial charge in [0.25, 0.3) is 0 Å². The number of aliphatic hydroxyl groups excluding tert-OH is 1. The van der Waals surface area contributed by atoms with E-state index in [4.69, 9.17) is 16.7 Å². The van der Waals surface area contributed by atoms with Gasteiger partial charge in [0.05, 0.1) is 6.61 Å². The first-order valence-corrected chi connectivity index (χ1v) is 5.07. The molecular formula is C12H15ClO. The first-order valence-electron chi connectivity index (χ1n) is 4.64. The highest BCUT2D eigenvalue weighted by molar-refractivity contribution is 6.25. The van der Waals surface area contributed by atoms with Crippen LogP contribution in [0.25, 0.3) is 0 Å². The van der Waals surface area contributed by atoms with Gasteiger partial charge in [-0.05, 0) is 42.5 Å². The molecule has 0 bridgehead atoms. The van der Waals surface area contributed by atoms with Crippen LogP contribution in [0.2, 0.25) is 0 Å². The lowest BCUT2D eigenvalue weighted by Gasteiger charge is -2.09. The zero-order valence-electron chi connectivity index (χ0n) is 8.55. The van der Waals surface area contributed by atoms with E-state index in [1.54, 1.807) is 0 Å². The SMILES string of the molecule is Cc1cc(CC=CCl)cc(C)c1CO. The Bertz CT molecular complexity index is 319. The number of aryl methyl sites for hydroxylation is 2. The van der Waals surface area contributed by atoms with Gasteiger partial charge in [-0.25, -0.2) is 0 Å². The van der Waals surface area contributed by atoms with Crippen LogP contribution >= 0.6 is 11.6 Å². The minimum Gasteiger partial charge on any atom is -0.392 e. The molecule has 0 aliphatic heterocycles. The maximum atomic E-state index is 9.13. The van der Waals surface area contributed by atoms with Crippen LogP contribution in [0, 0.1) is 13.8 Å². The van der Waals surface area contributed by atoms with Crippen molar-refractivity contribution in [3.8, 4) is 0 Å². The van der Waals surface area contributed by atoms with E-state index >= 15 is 0 Å². The van der Waals surface area contributed by atoms with Crippen LogP contribution in [-0.4, -0.2) is 5.11 Å². The van der Waals surface area contributed by atoms with Crippen LogP contribution in [0.5, 0.6) is 0 Å². The highest BCUT2D eigenvalue weighted by atomic mass is 35.5. The first-order chi connectivity index (χ1) is 6.69. The Morgan fingerprint density at radius 2 is 1.86 bits per heavy atom. The Morgan fingerprint density at radius 1 is 1.29 bits per heavy atom. The van der Waals surface area contributed by atoms with Crippen LogP contribution in [0.3, 0.4) is 0 Å². The van der Waals surface area contributed by atoms with Gasteiger partial charge in [0.1, 0.15) is 0 Å². The normalized spacial score (nSPS) is 11.1. The van der Waals surface area contributed by atoms with E-state index in [-0.39, 0.29) is 6.61 Å². The highest BCUT2D eigenvalue weighted by Gasteiger charge is 2.02. The van der Waals surface area contributed by atoms with E-state index in [1.807, 2.05) is 19.9 Å². The minimum atomic E-state index is 0.114. The Kier molecular flexibility index (Phi) is 4.18. The Morgan fingerprint density at radius 3 is 2.29 bits per heavy atom. The molecule has 0 spiro atoms. The summed E-state index contributed by atoms with van der Waals surface area (Å²) < 4.78 is 0. The van der Waals surface area contributed by atoms with Gasteiger partial charge in [-0.3, -0.25) is 0 Å². The van der Waals surface area contributed by atoms with E-state index in [0.29, 0.717) is 0 Å². The highest BCUT2D eigenvalue weighted by Crippen LogP contribution is 2.17. The molecule has 0 saturated carbocycles. The number of hydrogen-bond donors (Lipinski definition) is 1. The summed E-state index contributed by atoms with van der Waals surface area (Å²) in [6, 6.07) is 4.19. The molecule has 0 aliphatic carbocycles. The fourth-order valence-electron chi connectivity index (χ4n) is 1.63. The summed E-state index contributed by atoms with van der Waals surface area (Å²) in [5.41, 5.74) is 6.08. The molecule has 0 saturated heterocycles. The lowest BCUT2D eigenvalue weighted by Crippen LogP contribution is -1.95. The van der Waals surface area contributed by atoms with Crippen LogP contribution < -0.4 is 0 Å². The average molecular weight is 211 g/mol. The Balaban J connectivity index is 3.01. The largest absolute Gasteiger partial charge is 0.392 e. The summed E-state index contributed by atoms with van der Waals surface area (Å²) in [6.07, 6.45) is 2.76. The monoisotopic (exact) mass is 210 g/mol. The zero-order valence-corrected chi connectivity index (χ0v) is 9.30. The van der Waals surface area contributed by atoms with E-state index in [1.165, 1.54) is 11.1 Å². The number of halogens is 1. The van der Waals surface area contributed by atoms with Crippen molar-refractivity contribution in [1.82, 2.24) is 0 Å². The molecule has 0 atom stereocenters. The maximum absolute atomic E-state index is 9.13. The summed E-state index contributed by atoms with van der Waals surface area (Å²) in [6.45, 7) is 4.15. The minimum absolute atomic E-state index is 0.114. The van der Waals surface area contributed by atoms with E-state index in [0.717, 1.165) is 23.1 Å². The summed E-state index contributed by atoms with van der Waals surface area (Å²) in [5.74, 6) is 0. The third kappa shape index (κ3) is 2.60. The molecule has 0 fully saturated rings. The van der Waals surface area contributed by atoms with Crippen molar-refractivity contribution in [1.29, 1.82) is 0 Å². The molecule has 1 aromatic rings. The van der Waals surface area contributed by atoms with Gasteiger partial charge < -0.3 is 5.11 Å². The first kappa shape index (κ1) is 11.3. The molecule has 14 heavy (non-hydrogen) atoms. The van der Waals surface area contributed by atoms with Crippen molar-refractivity contribution in [2.24, 2.45) is 0 Å². The molecule has 1 N–H and O–H groups in total. The molecule has 1 nitrogen and oxygen atoms in total. The van der Waals surface area contributed by atoms with Crippen LogP contribution in [0.15, 0.2) is 23.7 Å². The molecule has 0 aromatic heterocycles. The number of allylic oxidation sites excluding steroid dienone is 1. The second kappa shape index (κ2) is 5.18. The van der Waals surface area contributed by atoms with Crippen LogP contribution in [-0.2, 0) is 13.0 Å².